The average molecular weight is 375 g/mol. The summed E-state index contributed by atoms with van der Waals surface area (Å²) < 4.78 is 16.4. The standard InChI is InChI=1S/C18H21N3O4S/c1-12-19-18(25-20-12)13-3-2-6-21(10-13)17(22)11-26-14-4-5-15-16(9-14)24-8-7-23-15/h4-5,9,13H,2-3,6-8,10-11H2,1H3. The van der Waals surface area contributed by atoms with Crippen molar-refractivity contribution in [2.45, 2.75) is 30.6 Å². The number of ether oxygens (including phenoxy) is 2. The molecule has 1 atom stereocenters. The van der Waals surface area contributed by atoms with E-state index in [1.54, 1.807) is 0 Å². The lowest BCUT2D eigenvalue weighted by Crippen LogP contribution is -2.40. The number of benzene rings is 1. The van der Waals surface area contributed by atoms with Gasteiger partial charge >= 0.3 is 0 Å². The predicted octanol–water partition coefficient (Wildman–Crippen LogP) is 2.65. The highest BCUT2D eigenvalue weighted by molar-refractivity contribution is 8.00. The summed E-state index contributed by atoms with van der Waals surface area (Å²) in [5.74, 6) is 3.45. The van der Waals surface area contributed by atoms with Crippen molar-refractivity contribution >= 4 is 17.7 Å². The number of hydrogen-bond donors (Lipinski definition) is 0. The Morgan fingerprint density at radius 1 is 1.31 bits per heavy atom. The second kappa shape index (κ2) is 7.57. The third-order valence-corrected chi connectivity index (χ3v) is 5.52. The van der Waals surface area contributed by atoms with Gasteiger partial charge in [0.05, 0.1) is 11.7 Å². The van der Waals surface area contributed by atoms with E-state index in [9.17, 15) is 4.79 Å². The van der Waals surface area contributed by atoms with Crippen molar-refractivity contribution in [3.63, 3.8) is 0 Å². The molecule has 2 aromatic rings. The van der Waals surface area contributed by atoms with Gasteiger partial charge in [-0.05, 0) is 38.0 Å². The number of aryl methyl sites for hydroxylation is 1. The van der Waals surface area contributed by atoms with Gasteiger partial charge in [-0.3, -0.25) is 4.79 Å². The van der Waals surface area contributed by atoms with E-state index in [1.807, 2.05) is 30.0 Å². The van der Waals surface area contributed by atoms with Crippen LogP contribution in [0.4, 0.5) is 0 Å². The molecule has 1 saturated heterocycles. The van der Waals surface area contributed by atoms with E-state index < -0.39 is 0 Å². The van der Waals surface area contributed by atoms with Crippen LogP contribution in [-0.2, 0) is 4.79 Å². The third kappa shape index (κ3) is 3.80. The van der Waals surface area contributed by atoms with Crippen LogP contribution in [0.2, 0.25) is 0 Å². The molecule has 8 heteroatoms. The first kappa shape index (κ1) is 17.2. The van der Waals surface area contributed by atoms with Crippen molar-refractivity contribution in [1.29, 1.82) is 0 Å². The number of aromatic nitrogens is 2. The van der Waals surface area contributed by atoms with E-state index in [0.717, 1.165) is 35.8 Å². The molecule has 0 bridgehead atoms. The molecule has 0 radical (unpaired) electrons. The number of fused-ring (bicyclic) bond motifs is 1. The van der Waals surface area contributed by atoms with E-state index in [0.29, 0.717) is 37.2 Å². The topological polar surface area (TPSA) is 77.7 Å². The smallest absolute Gasteiger partial charge is 0.232 e. The number of carbonyl (C=O) groups is 1. The van der Waals surface area contributed by atoms with Gasteiger partial charge in [-0.25, -0.2) is 0 Å². The molecule has 2 aliphatic rings. The molecule has 1 aromatic carbocycles. The summed E-state index contributed by atoms with van der Waals surface area (Å²) in [6.45, 7) is 4.37. The van der Waals surface area contributed by atoms with Crippen LogP contribution in [0.15, 0.2) is 27.6 Å². The molecule has 2 aliphatic heterocycles. The summed E-state index contributed by atoms with van der Waals surface area (Å²) >= 11 is 1.52. The van der Waals surface area contributed by atoms with E-state index in [1.165, 1.54) is 11.8 Å². The number of amides is 1. The van der Waals surface area contributed by atoms with E-state index >= 15 is 0 Å². The molecular formula is C18H21N3O4S. The molecule has 26 heavy (non-hydrogen) atoms. The second-order valence-electron chi connectivity index (χ2n) is 6.45. The van der Waals surface area contributed by atoms with E-state index in [-0.39, 0.29) is 11.8 Å². The Morgan fingerprint density at radius 2 is 2.15 bits per heavy atom. The highest BCUT2D eigenvalue weighted by Gasteiger charge is 2.28. The lowest BCUT2D eigenvalue weighted by molar-refractivity contribution is -0.129. The van der Waals surface area contributed by atoms with Gasteiger partial charge in [0, 0.05) is 18.0 Å². The van der Waals surface area contributed by atoms with Crippen LogP contribution in [0.5, 0.6) is 11.5 Å². The molecule has 0 spiro atoms. The first-order chi connectivity index (χ1) is 12.7. The monoisotopic (exact) mass is 375 g/mol. The van der Waals surface area contributed by atoms with Crippen LogP contribution in [0, 0.1) is 6.92 Å². The van der Waals surface area contributed by atoms with Gasteiger partial charge in [0.25, 0.3) is 0 Å². The maximum atomic E-state index is 12.6. The number of hydrogen-bond acceptors (Lipinski definition) is 7. The van der Waals surface area contributed by atoms with E-state index in [4.69, 9.17) is 14.0 Å². The number of nitrogens with zero attached hydrogens (tertiary/aromatic N) is 3. The molecule has 138 valence electrons. The summed E-state index contributed by atoms with van der Waals surface area (Å²) in [5.41, 5.74) is 0. The van der Waals surface area contributed by atoms with Crippen LogP contribution in [-0.4, -0.2) is 53.0 Å². The summed E-state index contributed by atoms with van der Waals surface area (Å²) in [6, 6.07) is 5.80. The van der Waals surface area contributed by atoms with Crippen LogP contribution in [0.1, 0.15) is 30.5 Å². The number of piperidine rings is 1. The van der Waals surface area contributed by atoms with Crippen molar-refractivity contribution in [1.82, 2.24) is 15.0 Å². The highest BCUT2D eigenvalue weighted by Crippen LogP contribution is 2.34. The zero-order valence-electron chi connectivity index (χ0n) is 14.6. The minimum absolute atomic E-state index is 0.130. The molecule has 1 fully saturated rings. The molecule has 1 aromatic heterocycles. The first-order valence-corrected chi connectivity index (χ1v) is 9.78. The van der Waals surface area contributed by atoms with Gasteiger partial charge in [-0.1, -0.05) is 5.16 Å². The van der Waals surface area contributed by atoms with E-state index in [2.05, 4.69) is 10.1 Å². The van der Waals surface area contributed by atoms with Gasteiger partial charge in [-0.2, -0.15) is 4.98 Å². The molecule has 3 heterocycles. The Kier molecular flexibility index (Phi) is 5.01. The average Bonchev–Trinajstić information content (AvgIpc) is 3.12. The van der Waals surface area contributed by atoms with Crippen molar-refractivity contribution in [2.75, 3.05) is 32.1 Å². The molecule has 1 unspecified atom stereocenters. The Balaban J connectivity index is 1.34. The normalized spacial score (nSPS) is 19.4. The first-order valence-electron chi connectivity index (χ1n) is 8.79. The highest BCUT2D eigenvalue weighted by atomic mass is 32.2. The maximum absolute atomic E-state index is 12.6. The van der Waals surface area contributed by atoms with Gasteiger partial charge in [0.2, 0.25) is 11.8 Å². The van der Waals surface area contributed by atoms with Crippen molar-refractivity contribution < 1.29 is 18.8 Å². The minimum Gasteiger partial charge on any atom is -0.486 e. The van der Waals surface area contributed by atoms with Gasteiger partial charge in [0.15, 0.2) is 17.3 Å². The zero-order valence-corrected chi connectivity index (χ0v) is 15.5. The number of likely N-dealkylation sites (tertiary alicyclic amines) is 1. The number of carbonyl (C=O) groups excluding carboxylic acids is 1. The van der Waals surface area contributed by atoms with Gasteiger partial charge in [0.1, 0.15) is 13.2 Å². The number of thioether (sulfide) groups is 1. The van der Waals surface area contributed by atoms with Gasteiger partial charge < -0.3 is 18.9 Å². The van der Waals surface area contributed by atoms with Crippen molar-refractivity contribution in [2.24, 2.45) is 0 Å². The predicted molar refractivity (Wildman–Crippen MR) is 95.7 cm³/mol. The molecule has 0 saturated carbocycles. The van der Waals surface area contributed by atoms with Crippen LogP contribution in [0.3, 0.4) is 0 Å². The van der Waals surface area contributed by atoms with Crippen LogP contribution >= 0.6 is 11.8 Å². The zero-order chi connectivity index (χ0) is 17.9. The van der Waals surface area contributed by atoms with Gasteiger partial charge in [-0.15, -0.1) is 11.8 Å². The van der Waals surface area contributed by atoms with Crippen LogP contribution in [0.25, 0.3) is 0 Å². The molecular weight excluding hydrogens is 354 g/mol. The van der Waals surface area contributed by atoms with Crippen LogP contribution < -0.4 is 9.47 Å². The lowest BCUT2D eigenvalue weighted by atomic mass is 9.98. The van der Waals surface area contributed by atoms with Crippen molar-refractivity contribution in [3.05, 3.63) is 29.9 Å². The maximum Gasteiger partial charge on any atom is 0.232 e. The SMILES string of the molecule is Cc1noc(C2CCCN(C(=O)CSc3ccc4c(c3)OCCO4)C2)n1. The fourth-order valence-corrected chi connectivity index (χ4v) is 4.06. The summed E-state index contributed by atoms with van der Waals surface area (Å²) in [4.78, 5) is 19.8. The largest absolute Gasteiger partial charge is 0.486 e. The Labute approximate surface area is 156 Å². The molecule has 0 aliphatic carbocycles. The molecule has 4 rings (SSSR count). The Morgan fingerprint density at radius 3 is 2.96 bits per heavy atom. The summed E-state index contributed by atoms with van der Waals surface area (Å²) in [7, 11) is 0. The second-order valence-corrected chi connectivity index (χ2v) is 7.50. The fraction of sp³-hybridized carbons (Fsp3) is 0.500. The quantitative estimate of drug-likeness (QED) is 0.760. The minimum atomic E-state index is 0.130. The third-order valence-electron chi connectivity index (χ3n) is 4.54. The Bertz CT molecular complexity index is 794. The Hall–Kier alpha value is -2.22. The van der Waals surface area contributed by atoms with Crippen molar-refractivity contribution in [3.8, 4) is 11.5 Å². The molecule has 7 nitrogen and oxygen atoms in total. The lowest BCUT2D eigenvalue weighted by Gasteiger charge is -2.31. The summed E-state index contributed by atoms with van der Waals surface area (Å²) in [5, 5.41) is 3.86. The summed E-state index contributed by atoms with van der Waals surface area (Å²) in [6.07, 6.45) is 1.92. The fourth-order valence-electron chi connectivity index (χ4n) is 3.23. The molecule has 1 amide bonds. The number of rotatable bonds is 4. The molecule has 0 N–H and O–H groups in total.